The van der Waals surface area contributed by atoms with Crippen LogP contribution in [0.3, 0.4) is 0 Å². The van der Waals surface area contributed by atoms with Crippen LogP contribution in [0.15, 0.2) is 0 Å². The van der Waals surface area contributed by atoms with Crippen molar-refractivity contribution in [2.75, 3.05) is 13.2 Å². The van der Waals surface area contributed by atoms with Gasteiger partial charge >= 0.3 is 17.9 Å². The van der Waals surface area contributed by atoms with Gasteiger partial charge in [0.2, 0.25) is 0 Å². The van der Waals surface area contributed by atoms with Gasteiger partial charge in [-0.1, -0.05) is 182 Å². The first-order valence-electron chi connectivity index (χ1n) is 20.4. The first kappa shape index (κ1) is 45.4. The molecule has 2 atom stereocenters. The molecule has 0 aliphatic carbocycles. The molecule has 6 nitrogen and oxygen atoms in total. The molecule has 0 aromatic carbocycles. The van der Waals surface area contributed by atoms with E-state index in [0.29, 0.717) is 19.3 Å². The maximum Gasteiger partial charge on any atom is 0.306 e. The second-order valence-corrected chi connectivity index (χ2v) is 14.2. The molecule has 0 aromatic rings. The highest BCUT2D eigenvalue weighted by Crippen LogP contribution is 2.16. The molecule has 0 saturated carbocycles. The number of unbranched alkanes of at least 4 members (excludes halogenated alkanes) is 22. The predicted octanol–water partition coefficient (Wildman–Crippen LogP) is 12.4. The van der Waals surface area contributed by atoms with Crippen LogP contribution in [-0.2, 0) is 28.6 Å². The largest absolute Gasteiger partial charge is 0.462 e. The summed E-state index contributed by atoms with van der Waals surface area (Å²) >= 11 is 0. The van der Waals surface area contributed by atoms with Crippen LogP contribution in [-0.4, -0.2) is 37.2 Å². The van der Waals surface area contributed by atoms with Gasteiger partial charge in [0.15, 0.2) is 6.10 Å². The molecule has 0 rings (SSSR count). The molecule has 6 heteroatoms. The van der Waals surface area contributed by atoms with Gasteiger partial charge in [-0.2, -0.15) is 0 Å². The molecule has 278 valence electrons. The average Bonchev–Trinajstić information content (AvgIpc) is 3.07. The van der Waals surface area contributed by atoms with Gasteiger partial charge in [0.1, 0.15) is 13.2 Å². The zero-order chi connectivity index (χ0) is 34.6. The van der Waals surface area contributed by atoms with Gasteiger partial charge in [-0.25, -0.2) is 0 Å². The number of rotatable bonds is 36. The van der Waals surface area contributed by atoms with E-state index in [0.717, 1.165) is 63.7 Å². The Morgan fingerprint density at radius 3 is 1.11 bits per heavy atom. The van der Waals surface area contributed by atoms with Crippen molar-refractivity contribution in [3.05, 3.63) is 0 Å². The van der Waals surface area contributed by atoms with Crippen molar-refractivity contribution in [3.8, 4) is 0 Å². The van der Waals surface area contributed by atoms with Crippen LogP contribution in [0.25, 0.3) is 0 Å². The minimum Gasteiger partial charge on any atom is -0.462 e. The third kappa shape index (κ3) is 34.1. The fraction of sp³-hybridized carbons (Fsp3) is 0.927. The average molecular weight is 667 g/mol. The Labute approximate surface area is 291 Å². The maximum atomic E-state index is 12.6. The Kier molecular flexibility index (Phi) is 34.5. The number of carbonyl (C=O) groups is 3. The van der Waals surface area contributed by atoms with E-state index in [1.165, 1.54) is 116 Å². The summed E-state index contributed by atoms with van der Waals surface area (Å²) in [6.07, 6.45) is 32.3. The molecule has 0 radical (unpaired) electrons. The highest BCUT2D eigenvalue weighted by atomic mass is 16.6. The Morgan fingerprint density at radius 2 is 0.745 bits per heavy atom. The lowest BCUT2D eigenvalue weighted by molar-refractivity contribution is -0.167. The van der Waals surface area contributed by atoms with Crippen LogP contribution in [0.5, 0.6) is 0 Å². The topological polar surface area (TPSA) is 78.9 Å². The summed E-state index contributed by atoms with van der Waals surface area (Å²) in [5, 5.41) is 0. The molecular formula is C41H78O6. The molecule has 0 aliphatic heterocycles. The molecule has 0 aliphatic rings. The van der Waals surface area contributed by atoms with Crippen molar-refractivity contribution in [2.45, 2.75) is 226 Å². The first-order chi connectivity index (χ1) is 22.9. The van der Waals surface area contributed by atoms with E-state index in [4.69, 9.17) is 14.2 Å². The molecule has 0 amide bonds. The first-order valence-corrected chi connectivity index (χ1v) is 20.4. The molecule has 0 spiro atoms. The SMILES string of the molecule is CCCCCCCCCCCCC(=O)O[C@H](COC(=O)CCCCCCCCC)COC(=O)CCCCCCCCCCC(C)CC. The third-order valence-corrected chi connectivity index (χ3v) is 9.40. The van der Waals surface area contributed by atoms with E-state index in [1.54, 1.807) is 0 Å². The summed E-state index contributed by atoms with van der Waals surface area (Å²) in [5.74, 6) is -0.0221. The van der Waals surface area contributed by atoms with Crippen LogP contribution in [0.2, 0.25) is 0 Å². The molecule has 0 fully saturated rings. The van der Waals surface area contributed by atoms with Crippen molar-refractivity contribution in [1.29, 1.82) is 0 Å². The van der Waals surface area contributed by atoms with Gasteiger partial charge in [-0.3, -0.25) is 14.4 Å². The smallest absolute Gasteiger partial charge is 0.306 e. The van der Waals surface area contributed by atoms with Gasteiger partial charge in [-0.05, 0) is 25.2 Å². The molecular weight excluding hydrogens is 588 g/mol. The van der Waals surface area contributed by atoms with E-state index in [1.807, 2.05) is 0 Å². The monoisotopic (exact) mass is 667 g/mol. The number of hydrogen-bond donors (Lipinski definition) is 0. The fourth-order valence-corrected chi connectivity index (χ4v) is 5.89. The van der Waals surface area contributed by atoms with Crippen molar-refractivity contribution in [2.24, 2.45) is 5.92 Å². The van der Waals surface area contributed by atoms with Crippen molar-refractivity contribution >= 4 is 17.9 Å². The van der Waals surface area contributed by atoms with Crippen molar-refractivity contribution < 1.29 is 28.6 Å². The third-order valence-electron chi connectivity index (χ3n) is 9.40. The highest BCUT2D eigenvalue weighted by molar-refractivity contribution is 5.71. The van der Waals surface area contributed by atoms with Crippen LogP contribution < -0.4 is 0 Å². The molecule has 47 heavy (non-hydrogen) atoms. The van der Waals surface area contributed by atoms with Gasteiger partial charge in [0.25, 0.3) is 0 Å². The van der Waals surface area contributed by atoms with E-state index < -0.39 is 6.10 Å². The normalized spacial score (nSPS) is 12.5. The van der Waals surface area contributed by atoms with Gasteiger partial charge in [0.05, 0.1) is 0 Å². The lowest BCUT2D eigenvalue weighted by Gasteiger charge is -2.18. The van der Waals surface area contributed by atoms with E-state index in [2.05, 4.69) is 27.7 Å². The van der Waals surface area contributed by atoms with E-state index in [9.17, 15) is 14.4 Å². The number of ether oxygens (including phenoxy) is 3. The van der Waals surface area contributed by atoms with Crippen LogP contribution >= 0.6 is 0 Å². The van der Waals surface area contributed by atoms with Crippen LogP contribution in [0.4, 0.5) is 0 Å². The Balaban J connectivity index is 4.32. The fourth-order valence-electron chi connectivity index (χ4n) is 5.89. The summed E-state index contributed by atoms with van der Waals surface area (Å²) in [5.41, 5.74) is 0. The summed E-state index contributed by atoms with van der Waals surface area (Å²) < 4.78 is 16.6. The lowest BCUT2D eigenvalue weighted by atomic mass is 9.99. The molecule has 0 saturated heterocycles. The molecule has 0 bridgehead atoms. The number of esters is 3. The number of hydrogen-bond acceptors (Lipinski definition) is 6. The maximum absolute atomic E-state index is 12.6. The highest BCUT2D eigenvalue weighted by Gasteiger charge is 2.19. The minimum atomic E-state index is -0.757. The van der Waals surface area contributed by atoms with Crippen molar-refractivity contribution in [3.63, 3.8) is 0 Å². The van der Waals surface area contributed by atoms with Gasteiger partial charge in [0, 0.05) is 19.3 Å². The minimum absolute atomic E-state index is 0.0655. The summed E-state index contributed by atoms with van der Waals surface area (Å²) in [6, 6.07) is 0. The second-order valence-electron chi connectivity index (χ2n) is 14.2. The van der Waals surface area contributed by atoms with Crippen LogP contribution in [0.1, 0.15) is 220 Å². The van der Waals surface area contributed by atoms with E-state index >= 15 is 0 Å². The van der Waals surface area contributed by atoms with Crippen molar-refractivity contribution in [1.82, 2.24) is 0 Å². The van der Waals surface area contributed by atoms with Crippen LogP contribution in [0, 0.1) is 5.92 Å². The second kappa shape index (κ2) is 35.7. The molecule has 1 unspecified atom stereocenters. The van der Waals surface area contributed by atoms with E-state index in [-0.39, 0.29) is 31.1 Å². The predicted molar refractivity (Wildman–Crippen MR) is 196 cm³/mol. The Morgan fingerprint density at radius 1 is 0.426 bits per heavy atom. The number of carbonyl (C=O) groups excluding carboxylic acids is 3. The molecule has 0 aromatic heterocycles. The quantitative estimate of drug-likeness (QED) is 0.0376. The van der Waals surface area contributed by atoms with Gasteiger partial charge in [-0.15, -0.1) is 0 Å². The molecule has 0 heterocycles. The van der Waals surface area contributed by atoms with Gasteiger partial charge < -0.3 is 14.2 Å². The Bertz CT molecular complexity index is 708. The summed E-state index contributed by atoms with van der Waals surface area (Å²) in [7, 11) is 0. The lowest BCUT2D eigenvalue weighted by Crippen LogP contribution is -2.30. The zero-order valence-corrected chi connectivity index (χ0v) is 31.7. The molecule has 0 N–H and O–H groups in total. The standard InChI is InChI=1S/C41H78O6/c1-5-8-10-12-14-15-16-22-26-30-34-41(44)47-38(35-45-39(42)32-28-24-19-13-11-9-6-2)36-46-40(43)33-29-25-21-18-17-20-23-27-31-37(4)7-3/h37-38H,5-36H2,1-4H3/t37?,38-/m1/s1. The zero-order valence-electron chi connectivity index (χ0n) is 31.7. The summed E-state index contributed by atoms with van der Waals surface area (Å²) in [4.78, 5) is 37.4. The summed E-state index contributed by atoms with van der Waals surface area (Å²) in [6.45, 7) is 8.92. The Hall–Kier alpha value is -1.59.